The minimum absolute atomic E-state index is 0.569. The second kappa shape index (κ2) is 6.75. The van der Waals surface area contributed by atoms with Crippen LogP contribution in [0.5, 0.6) is 0 Å². The Morgan fingerprint density at radius 1 is 1.18 bits per heavy atom. The maximum absolute atomic E-state index is 3.54. The van der Waals surface area contributed by atoms with Gasteiger partial charge in [0.25, 0.3) is 0 Å². The van der Waals surface area contributed by atoms with Gasteiger partial charge in [-0.15, -0.1) is 0 Å². The van der Waals surface area contributed by atoms with Gasteiger partial charge < -0.3 is 10.2 Å². The predicted molar refractivity (Wildman–Crippen MR) is 76.4 cm³/mol. The van der Waals surface area contributed by atoms with Crippen molar-refractivity contribution in [2.45, 2.75) is 59.9 Å². The zero-order chi connectivity index (χ0) is 12.9. The van der Waals surface area contributed by atoms with Gasteiger partial charge in [0.2, 0.25) is 0 Å². The molecule has 1 aliphatic rings. The van der Waals surface area contributed by atoms with Crippen LogP contribution < -0.4 is 5.32 Å². The van der Waals surface area contributed by atoms with Gasteiger partial charge in [-0.2, -0.15) is 0 Å². The number of nitrogens with zero attached hydrogens (tertiary/aromatic N) is 1. The Morgan fingerprint density at radius 3 is 2.29 bits per heavy atom. The van der Waals surface area contributed by atoms with Crippen LogP contribution in [0.3, 0.4) is 0 Å². The summed E-state index contributed by atoms with van der Waals surface area (Å²) in [6.07, 6.45) is 3.94. The van der Waals surface area contributed by atoms with Crippen LogP contribution in [0.15, 0.2) is 0 Å². The molecule has 1 N–H and O–H groups in total. The molecule has 0 saturated carbocycles. The van der Waals surface area contributed by atoms with Crippen molar-refractivity contribution < 1.29 is 0 Å². The van der Waals surface area contributed by atoms with E-state index in [-0.39, 0.29) is 0 Å². The van der Waals surface area contributed by atoms with Gasteiger partial charge in [-0.1, -0.05) is 27.7 Å². The summed E-state index contributed by atoms with van der Waals surface area (Å²) in [7, 11) is 0. The summed E-state index contributed by atoms with van der Waals surface area (Å²) in [5, 5.41) is 3.54. The molecule has 2 heteroatoms. The first-order valence-electron chi connectivity index (χ1n) is 7.41. The van der Waals surface area contributed by atoms with E-state index in [0.29, 0.717) is 5.41 Å². The molecule has 1 rings (SSSR count). The third-order valence-corrected chi connectivity index (χ3v) is 4.44. The van der Waals surface area contributed by atoms with Gasteiger partial charge in [-0.3, -0.25) is 0 Å². The molecule has 1 saturated heterocycles. The maximum atomic E-state index is 3.54. The summed E-state index contributed by atoms with van der Waals surface area (Å²) in [5.41, 5.74) is 0.569. The van der Waals surface area contributed by atoms with Gasteiger partial charge >= 0.3 is 0 Å². The van der Waals surface area contributed by atoms with E-state index in [2.05, 4.69) is 44.8 Å². The lowest BCUT2D eigenvalue weighted by atomic mass is 9.82. The van der Waals surface area contributed by atoms with Gasteiger partial charge in [0.1, 0.15) is 0 Å². The highest BCUT2D eigenvalue weighted by molar-refractivity contribution is 4.83. The molecule has 0 amide bonds. The Bertz CT molecular complexity index is 203. The third-order valence-electron chi connectivity index (χ3n) is 4.44. The molecule has 0 aliphatic carbocycles. The fourth-order valence-electron chi connectivity index (χ4n) is 2.57. The molecule has 2 atom stereocenters. The number of nitrogens with one attached hydrogen (secondary N) is 1. The Labute approximate surface area is 108 Å². The van der Waals surface area contributed by atoms with Gasteiger partial charge in [0.05, 0.1) is 0 Å². The van der Waals surface area contributed by atoms with Crippen molar-refractivity contribution in [3.63, 3.8) is 0 Å². The van der Waals surface area contributed by atoms with Gasteiger partial charge in [0, 0.05) is 6.04 Å². The van der Waals surface area contributed by atoms with Crippen molar-refractivity contribution in [2.75, 3.05) is 26.2 Å². The standard InChI is InChI=1S/C15H32N2/c1-6-9-16-12-13(2)14(3)17-10-7-15(4,5)8-11-17/h13-14,16H,6-12H2,1-5H3. The molecular weight excluding hydrogens is 208 g/mol. The molecule has 0 bridgehead atoms. The molecule has 2 unspecified atom stereocenters. The van der Waals surface area contributed by atoms with Crippen LogP contribution in [0.2, 0.25) is 0 Å². The Balaban J connectivity index is 2.29. The number of hydrogen-bond acceptors (Lipinski definition) is 2. The number of rotatable bonds is 6. The van der Waals surface area contributed by atoms with Crippen LogP contribution in [0.25, 0.3) is 0 Å². The number of likely N-dealkylation sites (tertiary alicyclic amines) is 1. The molecule has 0 aromatic rings. The molecule has 0 aromatic heterocycles. The minimum Gasteiger partial charge on any atom is -0.316 e. The van der Waals surface area contributed by atoms with E-state index in [9.17, 15) is 0 Å². The monoisotopic (exact) mass is 240 g/mol. The Hall–Kier alpha value is -0.0800. The van der Waals surface area contributed by atoms with Crippen LogP contribution in [-0.2, 0) is 0 Å². The second-order valence-corrected chi connectivity index (χ2v) is 6.62. The van der Waals surface area contributed by atoms with E-state index in [1.807, 2.05) is 0 Å². The first-order chi connectivity index (χ1) is 7.96. The summed E-state index contributed by atoms with van der Waals surface area (Å²) in [5.74, 6) is 0.753. The fraction of sp³-hybridized carbons (Fsp3) is 1.00. The first-order valence-corrected chi connectivity index (χ1v) is 7.41. The summed E-state index contributed by atoms with van der Waals surface area (Å²) in [6, 6.07) is 0.718. The van der Waals surface area contributed by atoms with E-state index in [0.717, 1.165) is 25.0 Å². The molecule has 0 spiro atoms. The van der Waals surface area contributed by atoms with Crippen molar-refractivity contribution in [3.05, 3.63) is 0 Å². The predicted octanol–water partition coefficient (Wildman–Crippen LogP) is 3.13. The van der Waals surface area contributed by atoms with E-state index in [1.165, 1.54) is 32.4 Å². The lowest BCUT2D eigenvalue weighted by Gasteiger charge is -2.41. The van der Waals surface area contributed by atoms with Gasteiger partial charge in [-0.05, 0) is 63.7 Å². The topological polar surface area (TPSA) is 15.3 Å². The van der Waals surface area contributed by atoms with E-state index in [4.69, 9.17) is 0 Å². The molecule has 0 aromatic carbocycles. The first kappa shape index (κ1) is 15.0. The summed E-state index contributed by atoms with van der Waals surface area (Å²) in [6.45, 7) is 16.7. The zero-order valence-corrected chi connectivity index (χ0v) is 12.6. The lowest BCUT2D eigenvalue weighted by molar-refractivity contribution is 0.0778. The van der Waals surface area contributed by atoms with Crippen LogP contribution in [0.4, 0.5) is 0 Å². The zero-order valence-electron chi connectivity index (χ0n) is 12.6. The highest BCUT2D eigenvalue weighted by atomic mass is 15.2. The van der Waals surface area contributed by atoms with Crippen molar-refractivity contribution in [3.8, 4) is 0 Å². The molecule has 17 heavy (non-hydrogen) atoms. The Morgan fingerprint density at radius 2 is 1.76 bits per heavy atom. The minimum atomic E-state index is 0.569. The molecular formula is C15H32N2. The molecule has 102 valence electrons. The van der Waals surface area contributed by atoms with E-state index in [1.54, 1.807) is 0 Å². The molecule has 1 fully saturated rings. The maximum Gasteiger partial charge on any atom is 0.0105 e. The molecule has 1 aliphatic heterocycles. The van der Waals surface area contributed by atoms with Gasteiger partial charge in [-0.25, -0.2) is 0 Å². The molecule has 0 radical (unpaired) electrons. The summed E-state index contributed by atoms with van der Waals surface area (Å²) in [4.78, 5) is 2.68. The summed E-state index contributed by atoms with van der Waals surface area (Å²) < 4.78 is 0. The Kier molecular flexibility index (Phi) is 5.94. The average Bonchev–Trinajstić information content (AvgIpc) is 2.28. The molecule has 1 heterocycles. The van der Waals surface area contributed by atoms with E-state index < -0.39 is 0 Å². The number of piperidine rings is 1. The second-order valence-electron chi connectivity index (χ2n) is 6.62. The SMILES string of the molecule is CCCNCC(C)C(C)N1CCC(C)(C)CC1. The normalized spacial score (nSPS) is 24.5. The van der Waals surface area contributed by atoms with Gasteiger partial charge in [0.15, 0.2) is 0 Å². The quantitative estimate of drug-likeness (QED) is 0.718. The summed E-state index contributed by atoms with van der Waals surface area (Å²) >= 11 is 0. The number of hydrogen-bond donors (Lipinski definition) is 1. The third kappa shape index (κ3) is 4.97. The van der Waals surface area contributed by atoms with E-state index >= 15 is 0 Å². The highest BCUT2D eigenvalue weighted by Crippen LogP contribution is 2.31. The lowest BCUT2D eigenvalue weighted by Crippen LogP contribution is -2.46. The smallest absolute Gasteiger partial charge is 0.0105 e. The van der Waals surface area contributed by atoms with Crippen LogP contribution in [0.1, 0.15) is 53.9 Å². The van der Waals surface area contributed by atoms with Crippen LogP contribution in [0, 0.1) is 11.3 Å². The highest BCUT2D eigenvalue weighted by Gasteiger charge is 2.29. The van der Waals surface area contributed by atoms with Crippen molar-refractivity contribution >= 4 is 0 Å². The largest absolute Gasteiger partial charge is 0.316 e. The van der Waals surface area contributed by atoms with Crippen molar-refractivity contribution in [1.82, 2.24) is 10.2 Å². The molecule has 2 nitrogen and oxygen atoms in total. The van der Waals surface area contributed by atoms with Crippen molar-refractivity contribution in [1.29, 1.82) is 0 Å². The fourth-order valence-corrected chi connectivity index (χ4v) is 2.57. The van der Waals surface area contributed by atoms with Crippen LogP contribution in [-0.4, -0.2) is 37.1 Å². The average molecular weight is 240 g/mol. The van der Waals surface area contributed by atoms with Crippen molar-refractivity contribution in [2.24, 2.45) is 11.3 Å². The van der Waals surface area contributed by atoms with Crippen LogP contribution >= 0.6 is 0 Å².